The van der Waals surface area contributed by atoms with Crippen LogP contribution in [0.25, 0.3) is 0 Å². The normalized spacial score (nSPS) is 23.7. The summed E-state index contributed by atoms with van der Waals surface area (Å²) in [5, 5.41) is 6.59. The molecule has 3 rings (SSSR count). The first-order valence-electron chi connectivity index (χ1n) is 8.00. The molecule has 1 aliphatic carbocycles. The molecule has 1 unspecified atom stereocenters. The molecule has 1 heterocycles. The third kappa shape index (κ3) is 5.20. The van der Waals surface area contributed by atoms with Crippen molar-refractivity contribution < 1.29 is 12.8 Å². The Morgan fingerprint density at radius 2 is 1.96 bits per heavy atom. The minimum Gasteiger partial charge on any atom is -0.356 e. The highest BCUT2D eigenvalue weighted by Gasteiger charge is 2.28. The first kappa shape index (κ1) is 16.2. The summed E-state index contributed by atoms with van der Waals surface area (Å²) in [5.41, 5.74) is 0.937. The van der Waals surface area contributed by atoms with E-state index in [4.69, 9.17) is 0 Å². The summed E-state index contributed by atoms with van der Waals surface area (Å²) in [6.07, 6.45) is 2.98. The maximum atomic E-state index is 12.9. The van der Waals surface area contributed by atoms with Crippen LogP contribution in [0, 0.1) is 11.7 Å². The van der Waals surface area contributed by atoms with E-state index in [2.05, 4.69) is 15.6 Å². The molecule has 1 aromatic carbocycles. The van der Waals surface area contributed by atoms with E-state index < -0.39 is 9.84 Å². The molecule has 126 valence electrons. The quantitative estimate of drug-likeness (QED) is 0.629. The molecule has 2 fully saturated rings. The molecule has 2 aliphatic rings. The van der Waals surface area contributed by atoms with Crippen LogP contribution in [0.15, 0.2) is 29.3 Å². The van der Waals surface area contributed by atoms with Crippen LogP contribution in [0.3, 0.4) is 0 Å². The maximum Gasteiger partial charge on any atom is 0.191 e. The van der Waals surface area contributed by atoms with Crippen molar-refractivity contribution in [2.75, 3.05) is 18.1 Å². The summed E-state index contributed by atoms with van der Waals surface area (Å²) in [6, 6.07) is 6.75. The average Bonchev–Trinajstić information content (AvgIpc) is 3.26. The van der Waals surface area contributed by atoms with Gasteiger partial charge < -0.3 is 10.6 Å². The number of nitrogens with one attached hydrogen (secondary N) is 2. The van der Waals surface area contributed by atoms with Crippen molar-refractivity contribution >= 4 is 15.8 Å². The first-order valence-corrected chi connectivity index (χ1v) is 9.82. The number of guanidine groups is 1. The number of halogens is 1. The zero-order valence-corrected chi connectivity index (χ0v) is 13.8. The topological polar surface area (TPSA) is 70.6 Å². The molecule has 1 saturated heterocycles. The van der Waals surface area contributed by atoms with E-state index in [0.29, 0.717) is 31.5 Å². The van der Waals surface area contributed by atoms with Crippen molar-refractivity contribution in [1.29, 1.82) is 0 Å². The number of benzene rings is 1. The van der Waals surface area contributed by atoms with Crippen molar-refractivity contribution in [3.8, 4) is 0 Å². The number of aliphatic imine (C=N–C) groups is 1. The van der Waals surface area contributed by atoms with Gasteiger partial charge in [0.15, 0.2) is 15.8 Å². The molecule has 1 saturated carbocycles. The van der Waals surface area contributed by atoms with Crippen molar-refractivity contribution in [3.63, 3.8) is 0 Å². The fourth-order valence-electron chi connectivity index (χ4n) is 2.61. The highest BCUT2D eigenvalue weighted by Crippen LogP contribution is 2.19. The molecule has 1 aliphatic heterocycles. The van der Waals surface area contributed by atoms with Gasteiger partial charge in [-0.15, -0.1) is 0 Å². The molecule has 7 heteroatoms. The first-order chi connectivity index (χ1) is 11.0. The Bertz CT molecular complexity index is 669. The minimum atomic E-state index is -2.85. The monoisotopic (exact) mass is 339 g/mol. The van der Waals surface area contributed by atoms with E-state index in [1.54, 1.807) is 12.1 Å². The molecule has 1 atom stereocenters. The van der Waals surface area contributed by atoms with Gasteiger partial charge in [0.2, 0.25) is 0 Å². The van der Waals surface area contributed by atoms with Gasteiger partial charge in [-0.3, -0.25) is 0 Å². The van der Waals surface area contributed by atoms with Crippen LogP contribution < -0.4 is 10.6 Å². The molecule has 0 spiro atoms. The van der Waals surface area contributed by atoms with Gasteiger partial charge >= 0.3 is 0 Å². The Hall–Kier alpha value is -1.63. The summed E-state index contributed by atoms with van der Waals surface area (Å²) in [7, 11) is -2.85. The molecule has 2 N–H and O–H groups in total. The van der Waals surface area contributed by atoms with Gasteiger partial charge in [0.05, 0.1) is 18.1 Å². The Morgan fingerprint density at radius 3 is 2.57 bits per heavy atom. The van der Waals surface area contributed by atoms with Gasteiger partial charge in [0, 0.05) is 12.6 Å². The van der Waals surface area contributed by atoms with E-state index in [-0.39, 0.29) is 23.2 Å². The highest BCUT2D eigenvalue weighted by molar-refractivity contribution is 7.91. The molecule has 5 nitrogen and oxygen atoms in total. The van der Waals surface area contributed by atoms with Crippen LogP contribution in [-0.4, -0.2) is 38.5 Å². The van der Waals surface area contributed by atoms with Crippen molar-refractivity contribution in [3.05, 3.63) is 35.6 Å². The lowest BCUT2D eigenvalue weighted by molar-refractivity contribution is 0.566. The van der Waals surface area contributed by atoms with Gasteiger partial charge in [-0.25, -0.2) is 17.8 Å². The van der Waals surface area contributed by atoms with E-state index in [0.717, 1.165) is 18.4 Å². The van der Waals surface area contributed by atoms with Crippen LogP contribution in [0.1, 0.15) is 24.8 Å². The van der Waals surface area contributed by atoms with Gasteiger partial charge in [-0.05, 0) is 42.9 Å². The van der Waals surface area contributed by atoms with Crippen LogP contribution >= 0.6 is 0 Å². The van der Waals surface area contributed by atoms with Crippen molar-refractivity contribution in [2.45, 2.75) is 31.8 Å². The fraction of sp³-hybridized carbons (Fsp3) is 0.562. The number of sulfone groups is 1. The highest BCUT2D eigenvalue weighted by atomic mass is 32.2. The molecular weight excluding hydrogens is 317 g/mol. The van der Waals surface area contributed by atoms with Crippen LogP contribution in [0.4, 0.5) is 4.39 Å². The lowest BCUT2D eigenvalue weighted by atomic mass is 10.1. The number of rotatable bonds is 5. The van der Waals surface area contributed by atoms with Gasteiger partial charge in [0.25, 0.3) is 0 Å². The zero-order chi connectivity index (χ0) is 16.3. The third-order valence-electron chi connectivity index (χ3n) is 4.14. The van der Waals surface area contributed by atoms with E-state index >= 15 is 0 Å². The summed E-state index contributed by atoms with van der Waals surface area (Å²) >= 11 is 0. The van der Waals surface area contributed by atoms with E-state index in [1.807, 2.05) is 0 Å². The third-order valence-corrected chi connectivity index (χ3v) is 5.97. The Labute approximate surface area is 136 Å². The van der Waals surface area contributed by atoms with Crippen LogP contribution in [0.5, 0.6) is 0 Å². The van der Waals surface area contributed by atoms with Crippen LogP contribution in [0.2, 0.25) is 0 Å². The Balaban J connectivity index is 1.56. The minimum absolute atomic E-state index is 0.150. The predicted molar refractivity (Wildman–Crippen MR) is 88.5 cm³/mol. The van der Waals surface area contributed by atoms with Crippen molar-refractivity contribution in [2.24, 2.45) is 10.9 Å². The molecular formula is C16H22FN3O2S. The molecule has 0 amide bonds. The largest absolute Gasteiger partial charge is 0.356 e. The molecule has 0 radical (unpaired) electrons. The van der Waals surface area contributed by atoms with Gasteiger partial charge in [-0.2, -0.15) is 0 Å². The maximum absolute atomic E-state index is 12.9. The van der Waals surface area contributed by atoms with Gasteiger partial charge in [0.1, 0.15) is 5.82 Å². The zero-order valence-electron chi connectivity index (χ0n) is 13.0. The second-order valence-electron chi connectivity index (χ2n) is 6.36. The fourth-order valence-corrected chi connectivity index (χ4v) is 4.47. The van der Waals surface area contributed by atoms with Crippen molar-refractivity contribution in [1.82, 2.24) is 10.6 Å². The summed E-state index contributed by atoms with van der Waals surface area (Å²) in [4.78, 5) is 4.52. The smallest absolute Gasteiger partial charge is 0.191 e. The lowest BCUT2D eigenvalue weighted by Crippen LogP contribution is -2.41. The number of hydrogen-bond donors (Lipinski definition) is 2. The summed E-state index contributed by atoms with van der Waals surface area (Å²) < 4.78 is 35.9. The SMILES string of the molecule is O=S1(=O)CCC(CNC(=NCc2ccc(F)cc2)NC2CC2)C1. The number of hydrogen-bond acceptors (Lipinski definition) is 3. The second-order valence-corrected chi connectivity index (χ2v) is 8.59. The Morgan fingerprint density at radius 1 is 1.22 bits per heavy atom. The van der Waals surface area contributed by atoms with Gasteiger partial charge in [-0.1, -0.05) is 12.1 Å². The summed E-state index contributed by atoms with van der Waals surface area (Å²) in [5.74, 6) is 1.15. The lowest BCUT2D eigenvalue weighted by Gasteiger charge is -2.14. The second kappa shape index (κ2) is 6.86. The summed E-state index contributed by atoms with van der Waals surface area (Å²) in [6.45, 7) is 1.08. The Kier molecular flexibility index (Phi) is 4.84. The molecule has 0 aromatic heterocycles. The number of nitrogens with zero attached hydrogens (tertiary/aromatic N) is 1. The standard InChI is InChI=1S/C16H22FN3O2S/c17-14-3-1-12(2-4-14)9-18-16(20-15-5-6-15)19-10-13-7-8-23(21,22)11-13/h1-4,13,15H,5-11H2,(H2,18,19,20). The van der Waals surface area contributed by atoms with E-state index in [1.165, 1.54) is 12.1 Å². The average molecular weight is 339 g/mol. The van der Waals surface area contributed by atoms with E-state index in [9.17, 15) is 12.8 Å². The molecule has 23 heavy (non-hydrogen) atoms. The molecule has 1 aromatic rings. The predicted octanol–water partition coefficient (Wildman–Crippen LogP) is 1.46. The van der Waals surface area contributed by atoms with Crippen LogP contribution in [-0.2, 0) is 16.4 Å². The molecule has 0 bridgehead atoms.